The van der Waals surface area contributed by atoms with Gasteiger partial charge in [0.15, 0.2) is 5.65 Å². The number of nitrogens with one attached hydrogen (secondary N) is 1. The molecule has 1 aliphatic rings. The molecule has 2 aromatic heterocycles. The first-order valence-electron chi connectivity index (χ1n) is 7.39. The van der Waals surface area contributed by atoms with Crippen LogP contribution in [0.5, 0.6) is 0 Å². The van der Waals surface area contributed by atoms with Crippen LogP contribution >= 0.6 is 0 Å². The maximum Gasteiger partial charge on any atom is 0.163 e. The molecule has 0 unspecified atom stereocenters. The standard InChI is InChI=1S/C15H21N5/c1-20-15-13(10-19-20)14(17-11-18-15)16-9-8-12-6-4-2-3-5-7-12/h6,10-11H,2-5,7-9H2,1H3,(H,16,17,18). The van der Waals surface area contributed by atoms with E-state index < -0.39 is 0 Å². The highest BCUT2D eigenvalue weighted by Crippen LogP contribution is 2.21. The molecule has 20 heavy (non-hydrogen) atoms. The van der Waals surface area contributed by atoms with Gasteiger partial charge in [-0.15, -0.1) is 0 Å². The van der Waals surface area contributed by atoms with E-state index in [9.17, 15) is 0 Å². The zero-order chi connectivity index (χ0) is 13.8. The molecule has 106 valence electrons. The van der Waals surface area contributed by atoms with Crippen molar-refractivity contribution in [1.82, 2.24) is 19.7 Å². The van der Waals surface area contributed by atoms with Gasteiger partial charge in [-0.05, 0) is 32.1 Å². The van der Waals surface area contributed by atoms with Gasteiger partial charge in [0.25, 0.3) is 0 Å². The molecule has 0 atom stereocenters. The molecule has 0 aliphatic heterocycles. The first-order chi connectivity index (χ1) is 9.84. The molecular weight excluding hydrogens is 250 g/mol. The van der Waals surface area contributed by atoms with E-state index in [1.165, 1.54) is 32.1 Å². The molecule has 2 aromatic rings. The quantitative estimate of drug-likeness (QED) is 0.868. The van der Waals surface area contributed by atoms with Crippen molar-refractivity contribution in [3.8, 4) is 0 Å². The van der Waals surface area contributed by atoms with Crippen LogP contribution in [0.15, 0.2) is 24.2 Å². The Hall–Kier alpha value is -1.91. The second-order valence-electron chi connectivity index (χ2n) is 5.37. The number of allylic oxidation sites excluding steroid dienone is 1. The second-order valence-corrected chi connectivity index (χ2v) is 5.37. The van der Waals surface area contributed by atoms with Gasteiger partial charge in [-0.2, -0.15) is 5.10 Å². The number of fused-ring (bicyclic) bond motifs is 1. The van der Waals surface area contributed by atoms with Crippen LogP contribution in [0.4, 0.5) is 5.82 Å². The van der Waals surface area contributed by atoms with Gasteiger partial charge >= 0.3 is 0 Å². The molecule has 0 aromatic carbocycles. The van der Waals surface area contributed by atoms with Crippen LogP contribution in [0, 0.1) is 0 Å². The maximum atomic E-state index is 4.33. The van der Waals surface area contributed by atoms with Crippen molar-refractivity contribution >= 4 is 16.9 Å². The first-order valence-corrected chi connectivity index (χ1v) is 7.39. The fourth-order valence-electron chi connectivity index (χ4n) is 2.75. The minimum atomic E-state index is 0.871. The molecule has 0 saturated carbocycles. The summed E-state index contributed by atoms with van der Waals surface area (Å²) in [5.41, 5.74) is 2.46. The highest BCUT2D eigenvalue weighted by molar-refractivity contribution is 5.85. The Morgan fingerprint density at radius 1 is 1.25 bits per heavy atom. The summed E-state index contributed by atoms with van der Waals surface area (Å²) < 4.78 is 1.77. The highest BCUT2D eigenvalue weighted by Gasteiger charge is 2.08. The van der Waals surface area contributed by atoms with Crippen molar-refractivity contribution < 1.29 is 0 Å². The third-order valence-electron chi connectivity index (χ3n) is 3.90. The largest absolute Gasteiger partial charge is 0.369 e. The van der Waals surface area contributed by atoms with E-state index in [2.05, 4.69) is 26.5 Å². The number of rotatable bonds is 4. The average molecular weight is 271 g/mol. The van der Waals surface area contributed by atoms with Crippen molar-refractivity contribution in [2.45, 2.75) is 38.5 Å². The third kappa shape index (κ3) is 2.81. The van der Waals surface area contributed by atoms with Crippen molar-refractivity contribution in [3.05, 3.63) is 24.2 Å². The Bertz CT molecular complexity index is 614. The number of anilines is 1. The highest BCUT2D eigenvalue weighted by atomic mass is 15.3. The molecule has 5 nitrogen and oxygen atoms in total. The molecular formula is C15H21N5. The fraction of sp³-hybridized carbons (Fsp3) is 0.533. The van der Waals surface area contributed by atoms with E-state index in [-0.39, 0.29) is 0 Å². The van der Waals surface area contributed by atoms with Crippen LogP contribution in [0.1, 0.15) is 38.5 Å². The number of hydrogen-bond donors (Lipinski definition) is 1. The number of nitrogens with zero attached hydrogens (tertiary/aromatic N) is 4. The Kier molecular flexibility index (Phi) is 3.95. The molecule has 0 radical (unpaired) electrons. The van der Waals surface area contributed by atoms with Crippen LogP contribution < -0.4 is 5.32 Å². The van der Waals surface area contributed by atoms with E-state index in [4.69, 9.17) is 0 Å². The topological polar surface area (TPSA) is 55.6 Å². The summed E-state index contributed by atoms with van der Waals surface area (Å²) in [6.45, 7) is 0.923. The molecule has 1 aliphatic carbocycles. The summed E-state index contributed by atoms with van der Waals surface area (Å²) in [6, 6.07) is 0. The van der Waals surface area contributed by atoms with Crippen LogP contribution in [-0.2, 0) is 7.05 Å². The predicted molar refractivity (Wildman–Crippen MR) is 80.6 cm³/mol. The van der Waals surface area contributed by atoms with Crippen molar-refractivity contribution in [2.24, 2.45) is 7.05 Å². The zero-order valence-corrected chi connectivity index (χ0v) is 12.0. The average Bonchev–Trinajstić information content (AvgIpc) is 2.69. The molecule has 0 amide bonds. The van der Waals surface area contributed by atoms with Gasteiger partial charge in [0, 0.05) is 13.6 Å². The normalized spacial score (nSPS) is 15.9. The van der Waals surface area contributed by atoms with Gasteiger partial charge in [-0.3, -0.25) is 4.68 Å². The van der Waals surface area contributed by atoms with Crippen LogP contribution in [-0.4, -0.2) is 26.3 Å². The van der Waals surface area contributed by atoms with Crippen LogP contribution in [0.2, 0.25) is 0 Å². The molecule has 1 N–H and O–H groups in total. The Morgan fingerprint density at radius 3 is 3.15 bits per heavy atom. The van der Waals surface area contributed by atoms with E-state index >= 15 is 0 Å². The maximum absolute atomic E-state index is 4.33. The molecule has 2 heterocycles. The summed E-state index contributed by atoms with van der Waals surface area (Å²) in [5.74, 6) is 0.886. The minimum absolute atomic E-state index is 0.871. The predicted octanol–water partition coefficient (Wildman–Crippen LogP) is 3.06. The summed E-state index contributed by atoms with van der Waals surface area (Å²) in [7, 11) is 1.90. The summed E-state index contributed by atoms with van der Waals surface area (Å²) in [5, 5.41) is 8.64. The van der Waals surface area contributed by atoms with E-state index in [1.54, 1.807) is 16.6 Å². The summed E-state index contributed by atoms with van der Waals surface area (Å²) >= 11 is 0. The number of aryl methyl sites for hydroxylation is 1. The molecule has 0 saturated heterocycles. The van der Waals surface area contributed by atoms with Crippen molar-refractivity contribution in [2.75, 3.05) is 11.9 Å². The molecule has 3 rings (SSSR count). The van der Waals surface area contributed by atoms with E-state index in [0.717, 1.165) is 29.8 Å². The lowest BCUT2D eigenvalue weighted by molar-refractivity contribution is 0.704. The van der Waals surface area contributed by atoms with E-state index in [1.807, 2.05) is 13.2 Å². The third-order valence-corrected chi connectivity index (χ3v) is 3.90. The Morgan fingerprint density at radius 2 is 2.20 bits per heavy atom. The lowest BCUT2D eigenvalue weighted by atomic mass is 10.1. The zero-order valence-electron chi connectivity index (χ0n) is 12.0. The van der Waals surface area contributed by atoms with Gasteiger partial charge in [0.1, 0.15) is 12.1 Å². The van der Waals surface area contributed by atoms with Crippen molar-refractivity contribution in [3.63, 3.8) is 0 Å². The minimum Gasteiger partial charge on any atom is -0.369 e. The van der Waals surface area contributed by atoms with Crippen LogP contribution in [0.3, 0.4) is 0 Å². The monoisotopic (exact) mass is 271 g/mol. The van der Waals surface area contributed by atoms with Gasteiger partial charge in [0.2, 0.25) is 0 Å². The van der Waals surface area contributed by atoms with Gasteiger partial charge in [0.05, 0.1) is 11.6 Å². The fourth-order valence-corrected chi connectivity index (χ4v) is 2.75. The van der Waals surface area contributed by atoms with Gasteiger partial charge < -0.3 is 5.32 Å². The molecule has 5 heteroatoms. The first kappa shape index (κ1) is 13.1. The smallest absolute Gasteiger partial charge is 0.163 e. The van der Waals surface area contributed by atoms with E-state index in [0.29, 0.717) is 0 Å². The molecule has 0 fully saturated rings. The summed E-state index contributed by atoms with van der Waals surface area (Å²) in [4.78, 5) is 8.58. The lowest BCUT2D eigenvalue weighted by Crippen LogP contribution is -2.05. The molecule has 0 spiro atoms. The van der Waals surface area contributed by atoms with Crippen LogP contribution in [0.25, 0.3) is 11.0 Å². The number of aromatic nitrogens is 4. The Balaban J connectivity index is 1.64. The molecule has 0 bridgehead atoms. The van der Waals surface area contributed by atoms with Gasteiger partial charge in [-0.1, -0.05) is 18.1 Å². The second kappa shape index (κ2) is 6.03. The number of hydrogen-bond acceptors (Lipinski definition) is 4. The Labute approximate surface area is 119 Å². The van der Waals surface area contributed by atoms with Gasteiger partial charge in [-0.25, -0.2) is 9.97 Å². The summed E-state index contributed by atoms with van der Waals surface area (Å²) in [6.07, 6.45) is 13.5. The lowest BCUT2D eigenvalue weighted by Gasteiger charge is -2.08. The van der Waals surface area contributed by atoms with Crippen molar-refractivity contribution in [1.29, 1.82) is 0 Å². The SMILES string of the molecule is Cn1ncc2c(NCCC3=CCCCCC3)ncnc21.